The lowest BCUT2D eigenvalue weighted by Gasteiger charge is -2.15. The first-order valence-electron chi connectivity index (χ1n) is 8.00. The molecule has 2 aromatic rings. The number of nitrogens with zero attached hydrogens (tertiary/aromatic N) is 2. The highest BCUT2D eigenvalue weighted by Gasteiger charge is 2.11. The molecule has 1 heterocycles. The summed E-state index contributed by atoms with van der Waals surface area (Å²) in [6.07, 6.45) is 0. The van der Waals surface area contributed by atoms with Crippen LogP contribution in [0.1, 0.15) is 16.7 Å². The molecule has 4 nitrogen and oxygen atoms in total. The van der Waals surface area contributed by atoms with Crippen LogP contribution >= 0.6 is 0 Å². The second-order valence-corrected chi connectivity index (χ2v) is 5.78. The Morgan fingerprint density at radius 1 is 0.957 bits per heavy atom. The average Bonchev–Trinajstić information content (AvgIpc) is 3.00. The van der Waals surface area contributed by atoms with Crippen molar-refractivity contribution in [2.75, 3.05) is 20.1 Å². The summed E-state index contributed by atoms with van der Waals surface area (Å²) < 4.78 is 5.76. The van der Waals surface area contributed by atoms with Crippen LogP contribution < -0.4 is 5.32 Å². The Morgan fingerprint density at radius 2 is 1.61 bits per heavy atom. The molecule has 0 unspecified atom stereocenters. The van der Waals surface area contributed by atoms with E-state index in [1.165, 1.54) is 16.7 Å². The molecule has 3 rings (SSSR count). The van der Waals surface area contributed by atoms with E-state index in [2.05, 4.69) is 58.7 Å². The number of hydrogen-bond acceptors (Lipinski definition) is 4. The maximum Gasteiger partial charge on any atom is 0.194 e. The summed E-state index contributed by atoms with van der Waals surface area (Å²) in [6, 6.07) is 18.8. The Bertz CT molecular complexity index is 637. The molecule has 0 saturated carbocycles. The normalized spacial score (nSPS) is 14.0. The molecule has 0 saturated heterocycles. The lowest BCUT2D eigenvalue weighted by atomic mass is 10.1. The SMILES string of the molecule is CN1CCN=C1NCc1ccc(COCc2ccccc2)cc1. The summed E-state index contributed by atoms with van der Waals surface area (Å²) in [5, 5.41) is 3.38. The highest BCUT2D eigenvalue weighted by molar-refractivity contribution is 5.81. The number of rotatable bonds is 6. The van der Waals surface area contributed by atoms with Gasteiger partial charge in [-0.05, 0) is 16.7 Å². The molecule has 1 N–H and O–H groups in total. The van der Waals surface area contributed by atoms with Crippen LogP contribution in [-0.2, 0) is 24.5 Å². The number of benzene rings is 2. The van der Waals surface area contributed by atoms with Crippen LogP contribution in [0, 0.1) is 0 Å². The summed E-state index contributed by atoms with van der Waals surface area (Å²) in [5.41, 5.74) is 3.65. The van der Waals surface area contributed by atoms with Gasteiger partial charge in [0.2, 0.25) is 0 Å². The van der Waals surface area contributed by atoms with Gasteiger partial charge in [-0.2, -0.15) is 0 Å². The summed E-state index contributed by atoms with van der Waals surface area (Å²) in [4.78, 5) is 6.57. The first kappa shape index (κ1) is 15.6. The molecule has 1 aliphatic rings. The van der Waals surface area contributed by atoms with Gasteiger partial charge in [-0.3, -0.25) is 4.99 Å². The molecule has 0 bridgehead atoms. The Morgan fingerprint density at radius 3 is 2.26 bits per heavy atom. The van der Waals surface area contributed by atoms with E-state index in [-0.39, 0.29) is 0 Å². The van der Waals surface area contributed by atoms with E-state index in [0.717, 1.165) is 25.6 Å². The number of likely N-dealkylation sites (N-methyl/N-ethyl adjacent to an activating group) is 1. The second kappa shape index (κ2) is 7.79. The molecule has 1 aliphatic heterocycles. The summed E-state index contributed by atoms with van der Waals surface area (Å²) in [5.74, 6) is 0.986. The van der Waals surface area contributed by atoms with Gasteiger partial charge in [0.1, 0.15) is 0 Å². The lowest BCUT2D eigenvalue weighted by molar-refractivity contribution is 0.107. The van der Waals surface area contributed by atoms with E-state index in [4.69, 9.17) is 4.74 Å². The lowest BCUT2D eigenvalue weighted by Crippen LogP contribution is -2.35. The maximum absolute atomic E-state index is 5.76. The van der Waals surface area contributed by atoms with Gasteiger partial charge in [0.15, 0.2) is 5.96 Å². The van der Waals surface area contributed by atoms with Gasteiger partial charge in [0.05, 0.1) is 19.8 Å². The molecule has 0 amide bonds. The fraction of sp³-hybridized carbons (Fsp3) is 0.316. The van der Waals surface area contributed by atoms with E-state index in [1.807, 2.05) is 18.2 Å². The zero-order valence-electron chi connectivity index (χ0n) is 13.5. The van der Waals surface area contributed by atoms with E-state index in [9.17, 15) is 0 Å². The van der Waals surface area contributed by atoms with Crippen molar-refractivity contribution in [2.24, 2.45) is 4.99 Å². The van der Waals surface area contributed by atoms with Gasteiger partial charge >= 0.3 is 0 Å². The molecule has 23 heavy (non-hydrogen) atoms. The third-order valence-electron chi connectivity index (χ3n) is 3.91. The van der Waals surface area contributed by atoms with Crippen molar-refractivity contribution in [2.45, 2.75) is 19.8 Å². The molecular formula is C19H23N3O. The van der Waals surface area contributed by atoms with Crippen molar-refractivity contribution in [3.8, 4) is 0 Å². The Labute approximate surface area is 137 Å². The van der Waals surface area contributed by atoms with Crippen molar-refractivity contribution in [1.82, 2.24) is 10.2 Å². The fourth-order valence-electron chi connectivity index (χ4n) is 2.52. The monoisotopic (exact) mass is 309 g/mol. The summed E-state index contributed by atoms with van der Waals surface area (Å²) in [7, 11) is 2.06. The van der Waals surface area contributed by atoms with Crippen LogP contribution in [0.5, 0.6) is 0 Å². The predicted octanol–water partition coefficient (Wildman–Crippen LogP) is 2.79. The van der Waals surface area contributed by atoms with Crippen molar-refractivity contribution < 1.29 is 4.74 Å². The zero-order chi connectivity index (χ0) is 15.9. The van der Waals surface area contributed by atoms with Crippen molar-refractivity contribution in [3.63, 3.8) is 0 Å². The molecule has 0 radical (unpaired) electrons. The number of hydrogen-bond donors (Lipinski definition) is 1. The number of guanidine groups is 1. The Kier molecular flexibility index (Phi) is 5.27. The van der Waals surface area contributed by atoms with Gasteiger partial charge in [0, 0.05) is 20.1 Å². The minimum Gasteiger partial charge on any atom is -0.372 e. The molecule has 2 aromatic carbocycles. The zero-order valence-corrected chi connectivity index (χ0v) is 13.5. The topological polar surface area (TPSA) is 36.9 Å². The molecule has 0 fully saturated rings. The molecule has 0 aromatic heterocycles. The Hall–Kier alpha value is -2.33. The van der Waals surface area contributed by atoms with Crippen LogP contribution in [0.3, 0.4) is 0 Å². The molecule has 120 valence electrons. The third kappa shape index (κ3) is 4.57. The summed E-state index contributed by atoms with van der Waals surface area (Å²) >= 11 is 0. The first-order chi connectivity index (χ1) is 11.3. The fourth-order valence-corrected chi connectivity index (χ4v) is 2.52. The van der Waals surface area contributed by atoms with Gasteiger partial charge < -0.3 is 15.0 Å². The van der Waals surface area contributed by atoms with Crippen LogP contribution in [0.2, 0.25) is 0 Å². The quantitative estimate of drug-likeness (QED) is 0.891. The number of aliphatic imine (C=N–C) groups is 1. The van der Waals surface area contributed by atoms with Gasteiger partial charge in [-0.25, -0.2) is 0 Å². The molecule has 0 spiro atoms. The number of nitrogens with one attached hydrogen (secondary N) is 1. The smallest absolute Gasteiger partial charge is 0.194 e. The third-order valence-corrected chi connectivity index (χ3v) is 3.91. The van der Waals surface area contributed by atoms with E-state index < -0.39 is 0 Å². The largest absolute Gasteiger partial charge is 0.372 e. The van der Waals surface area contributed by atoms with Crippen LogP contribution in [0.4, 0.5) is 0 Å². The van der Waals surface area contributed by atoms with E-state index in [1.54, 1.807) is 0 Å². The number of ether oxygens (including phenoxy) is 1. The van der Waals surface area contributed by atoms with Crippen LogP contribution in [0.15, 0.2) is 59.6 Å². The predicted molar refractivity (Wildman–Crippen MR) is 93.1 cm³/mol. The minimum atomic E-state index is 0.637. The van der Waals surface area contributed by atoms with Crippen molar-refractivity contribution in [1.29, 1.82) is 0 Å². The van der Waals surface area contributed by atoms with Crippen molar-refractivity contribution >= 4 is 5.96 Å². The second-order valence-electron chi connectivity index (χ2n) is 5.78. The first-order valence-corrected chi connectivity index (χ1v) is 8.00. The molecule has 0 atom stereocenters. The van der Waals surface area contributed by atoms with Crippen molar-refractivity contribution in [3.05, 3.63) is 71.3 Å². The van der Waals surface area contributed by atoms with Crippen LogP contribution in [-0.4, -0.2) is 31.0 Å². The summed E-state index contributed by atoms with van der Waals surface area (Å²) in [6.45, 7) is 3.97. The Balaban J connectivity index is 1.43. The van der Waals surface area contributed by atoms with Gasteiger partial charge in [-0.1, -0.05) is 54.6 Å². The highest BCUT2D eigenvalue weighted by Crippen LogP contribution is 2.08. The molecule has 4 heteroatoms. The highest BCUT2D eigenvalue weighted by atomic mass is 16.5. The molecular weight excluding hydrogens is 286 g/mol. The van der Waals surface area contributed by atoms with Gasteiger partial charge in [-0.15, -0.1) is 0 Å². The molecule has 0 aliphatic carbocycles. The van der Waals surface area contributed by atoms with Crippen LogP contribution in [0.25, 0.3) is 0 Å². The van der Waals surface area contributed by atoms with E-state index >= 15 is 0 Å². The standard InChI is InChI=1S/C19H23N3O/c1-22-12-11-20-19(22)21-13-16-7-9-18(10-8-16)15-23-14-17-5-3-2-4-6-17/h2-10H,11-15H2,1H3,(H,20,21). The minimum absolute atomic E-state index is 0.637. The van der Waals surface area contributed by atoms with Gasteiger partial charge in [0.25, 0.3) is 0 Å². The average molecular weight is 309 g/mol. The van der Waals surface area contributed by atoms with E-state index in [0.29, 0.717) is 13.2 Å². The maximum atomic E-state index is 5.76.